The van der Waals surface area contributed by atoms with Gasteiger partial charge in [-0.05, 0) is 26.0 Å². The second-order valence-corrected chi connectivity index (χ2v) is 6.94. The number of hydrogen-bond donors (Lipinski definition) is 2. The highest BCUT2D eigenvalue weighted by atomic mass is 35.5. The number of anilines is 1. The zero-order valence-electron chi connectivity index (χ0n) is 15.0. The Labute approximate surface area is 156 Å². The molecule has 7 nitrogen and oxygen atoms in total. The summed E-state index contributed by atoms with van der Waals surface area (Å²) in [4.78, 5) is 29.7. The predicted octanol–water partition coefficient (Wildman–Crippen LogP) is 2.66. The van der Waals surface area contributed by atoms with E-state index in [-0.39, 0.29) is 30.4 Å². The van der Waals surface area contributed by atoms with Gasteiger partial charge in [-0.2, -0.15) is 0 Å². The van der Waals surface area contributed by atoms with Crippen molar-refractivity contribution >= 4 is 40.1 Å². The van der Waals surface area contributed by atoms with Crippen LogP contribution in [-0.4, -0.2) is 60.7 Å². The maximum Gasteiger partial charge on any atom is 0.356 e. The summed E-state index contributed by atoms with van der Waals surface area (Å²) in [6.07, 6.45) is 0.138. The molecule has 0 radical (unpaired) electrons. The lowest BCUT2D eigenvalue weighted by Crippen LogP contribution is -2.48. The van der Waals surface area contributed by atoms with E-state index in [1.54, 1.807) is 18.2 Å². The minimum Gasteiger partial charge on any atom is -0.464 e. The Morgan fingerprint density at radius 1 is 1.35 bits per heavy atom. The van der Waals surface area contributed by atoms with Crippen LogP contribution >= 0.6 is 11.6 Å². The topological polar surface area (TPSA) is 83.7 Å². The summed E-state index contributed by atoms with van der Waals surface area (Å²) in [5, 5.41) is 3.86. The molecule has 2 atom stereocenters. The lowest BCUT2D eigenvalue weighted by molar-refractivity contribution is -0.121. The van der Waals surface area contributed by atoms with Crippen molar-refractivity contribution in [3.05, 3.63) is 28.9 Å². The molecule has 1 saturated heterocycles. The number of ether oxygens (including phenoxy) is 2. The summed E-state index contributed by atoms with van der Waals surface area (Å²) in [5.41, 5.74) is 1.17. The molecular formula is C18H22ClN3O4. The third kappa shape index (κ3) is 3.85. The molecule has 3 rings (SSSR count). The van der Waals surface area contributed by atoms with E-state index in [2.05, 4.69) is 10.3 Å². The SMILES string of the molecule is COC(=O)c1[nH]c2cccc(Cl)c2c1NC(=O)CN1C[C@@H](C)O[C@@H](C)C1. The van der Waals surface area contributed by atoms with Crippen LogP contribution in [0, 0.1) is 0 Å². The van der Waals surface area contributed by atoms with Crippen molar-refractivity contribution in [1.82, 2.24) is 9.88 Å². The maximum atomic E-state index is 12.6. The first-order valence-electron chi connectivity index (χ1n) is 8.45. The first-order valence-corrected chi connectivity index (χ1v) is 8.83. The van der Waals surface area contributed by atoms with Crippen LogP contribution in [0.15, 0.2) is 18.2 Å². The largest absolute Gasteiger partial charge is 0.464 e. The molecule has 1 fully saturated rings. The van der Waals surface area contributed by atoms with Crippen molar-refractivity contribution in [2.45, 2.75) is 26.1 Å². The molecule has 1 aromatic carbocycles. The fourth-order valence-corrected chi connectivity index (χ4v) is 3.65. The Balaban J connectivity index is 1.85. The van der Waals surface area contributed by atoms with Crippen molar-refractivity contribution < 1.29 is 19.1 Å². The van der Waals surface area contributed by atoms with Gasteiger partial charge in [0.05, 0.1) is 36.6 Å². The molecule has 0 saturated carbocycles. The number of rotatable bonds is 4. The van der Waals surface area contributed by atoms with Gasteiger partial charge in [0, 0.05) is 24.0 Å². The number of benzene rings is 1. The molecule has 1 aromatic heterocycles. The highest BCUT2D eigenvalue weighted by Gasteiger charge is 2.26. The van der Waals surface area contributed by atoms with Crippen molar-refractivity contribution in [3.63, 3.8) is 0 Å². The van der Waals surface area contributed by atoms with Gasteiger partial charge in [0.2, 0.25) is 5.91 Å². The molecular weight excluding hydrogens is 358 g/mol. The molecule has 1 amide bonds. The second-order valence-electron chi connectivity index (χ2n) is 6.53. The van der Waals surface area contributed by atoms with E-state index in [1.807, 2.05) is 18.7 Å². The number of fused-ring (bicyclic) bond motifs is 1. The minimum atomic E-state index is -0.568. The van der Waals surface area contributed by atoms with Gasteiger partial charge in [0.1, 0.15) is 5.69 Å². The summed E-state index contributed by atoms with van der Waals surface area (Å²) in [5.74, 6) is -0.793. The zero-order valence-corrected chi connectivity index (χ0v) is 15.7. The lowest BCUT2D eigenvalue weighted by Gasteiger charge is -2.34. The van der Waals surface area contributed by atoms with Crippen LogP contribution in [0.2, 0.25) is 5.02 Å². The van der Waals surface area contributed by atoms with Crippen LogP contribution in [0.1, 0.15) is 24.3 Å². The predicted molar refractivity (Wildman–Crippen MR) is 99.7 cm³/mol. The molecule has 1 aliphatic rings. The van der Waals surface area contributed by atoms with E-state index in [9.17, 15) is 9.59 Å². The Morgan fingerprint density at radius 2 is 2.04 bits per heavy atom. The maximum absolute atomic E-state index is 12.6. The number of morpholine rings is 1. The van der Waals surface area contributed by atoms with Gasteiger partial charge in [-0.3, -0.25) is 9.69 Å². The fourth-order valence-electron chi connectivity index (χ4n) is 3.38. The number of amides is 1. The van der Waals surface area contributed by atoms with E-state index >= 15 is 0 Å². The standard InChI is InChI=1S/C18H22ClN3O4/c1-10-7-22(8-11(2)26-10)9-14(23)21-16-15-12(19)5-4-6-13(15)20-17(16)18(24)25-3/h4-6,10-11,20H,7-9H2,1-3H3,(H,21,23)/t10-,11+. The molecule has 0 aliphatic carbocycles. The van der Waals surface area contributed by atoms with Crippen LogP contribution in [-0.2, 0) is 14.3 Å². The molecule has 2 N–H and O–H groups in total. The van der Waals surface area contributed by atoms with Gasteiger partial charge >= 0.3 is 5.97 Å². The Morgan fingerprint density at radius 3 is 2.69 bits per heavy atom. The number of aromatic amines is 1. The first-order chi connectivity index (χ1) is 12.4. The van der Waals surface area contributed by atoms with Gasteiger partial charge in [0.25, 0.3) is 0 Å². The number of hydrogen-bond acceptors (Lipinski definition) is 5. The lowest BCUT2D eigenvalue weighted by atomic mass is 10.2. The van der Waals surface area contributed by atoms with Crippen LogP contribution < -0.4 is 5.32 Å². The van der Waals surface area contributed by atoms with Crippen LogP contribution in [0.5, 0.6) is 0 Å². The summed E-state index contributed by atoms with van der Waals surface area (Å²) in [6.45, 7) is 5.52. The monoisotopic (exact) mass is 379 g/mol. The summed E-state index contributed by atoms with van der Waals surface area (Å²) >= 11 is 6.29. The number of carbonyl (C=O) groups excluding carboxylic acids is 2. The third-order valence-electron chi connectivity index (χ3n) is 4.29. The van der Waals surface area contributed by atoms with Crippen LogP contribution in [0.25, 0.3) is 10.9 Å². The Kier molecular flexibility index (Phi) is 5.50. The van der Waals surface area contributed by atoms with E-state index in [1.165, 1.54) is 7.11 Å². The number of halogens is 1. The summed E-state index contributed by atoms with van der Waals surface area (Å²) in [6, 6.07) is 5.26. The molecule has 2 aromatic rings. The number of H-pyrrole nitrogens is 1. The Bertz CT molecular complexity index is 825. The van der Waals surface area contributed by atoms with Gasteiger partial charge in [-0.1, -0.05) is 17.7 Å². The average molecular weight is 380 g/mol. The molecule has 2 heterocycles. The van der Waals surface area contributed by atoms with Gasteiger partial charge in [0.15, 0.2) is 0 Å². The van der Waals surface area contributed by atoms with E-state index in [0.29, 0.717) is 34.7 Å². The first kappa shape index (κ1) is 18.7. The van der Waals surface area contributed by atoms with Crippen molar-refractivity contribution in [2.75, 3.05) is 32.1 Å². The molecule has 140 valence electrons. The van der Waals surface area contributed by atoms with E-state index in [4.69, 9.17) is 21.1 Å². The van der Waals surface area contributed by atoms with Crippen molar-refractivity contribution in [3.8, 4) is 0 Å². The van der Waals surface area contributed by atoms with Crippen molar-refractivity contribution in [2.24, 2.45) is 0 Å². The van der Waals surface area contributed by atoms with E-state index in [0.717, 1.165) is 0 Å². The summed E-state index contributed by atoms with van der Waals surface area (Å²) < 4.78 is 10.5. The van der Waals surface area contributed by atoms with Gasteiger partial charge in [-0.25, -0.2) is 4.79 Å². The highest BCUT2D eigenvalue weighted by Crippen LogP contribution is 2.34. The number of nitrogens with zero attached hydrogens (tertiary/aromatic N) is 1. The molecule has 1 aliphatic heterocycles. The quantitative estimate of drug-likeness (QED) is 0.798. The normalized spacial score (nSPS) is 20.9. The number of methoxy groups -OCH3 is 1. The molecule has 0 unspecified atom stereocenters. The van der Waals surface area contributed by atoms with Crippen LogP contribution in [0.4, 0.5) is 5.69 Å². The zero-order chi connectivity index (χ0) is 18.8. The van der Waals surface area contributed by atoms with Gasteiger partial charge < -0.3 is 19.8 Å². The van der Waals surface area contributed by atoms with Gasteiger partial charge in [-0.15, -0.1) is 0 Å². The average Bonchev–Trinajstić information content (AvgIpc) is 2.92. The van der Waals surface area contributed by atoms with Crippen LogP contribution in [0.3, 0.4) is 0 Å². The second kappa shape index (κ2) is 7.65. The fraction of sp³-hybridized carbons (Fsp3) is 0.444. The minimum absolute atomic E-state index is 0.0692. The smallest absolute Gasteiger partial charge is 0.356 e. The number of carbonyl (C=O) groups is 2. The molecule has 26 heavy (non-hydrogen) atoms. The number of aromatic nitrogens is 1. The highest BCUT2D eigenvalue weighted by molar-refractivity contribution is 6.37. The third-order valence-corrected chi connectivity index (χ3v) is 4.60. The molecule has 0 spiro atoms. The number of nitrogens with one attached hydrogen (secondary N) is 2. The molecule has 8 heteroatoms. The Hall–Kier alpha value is -2.09. The molecule has 0 bridgehead atoms. The number of esters is 1. The van der Waals surface area contributed by atoms with Crippen molar-refractivity contribution in [1.29, 1.82) is 0 Å². The van der Waals surface area contributed by atoms with E-state index < -0.39 is 5.97 Å². The summed E-state index contributed by atoms with van der Waals surface area (Å²) in [7, 11) is 1.29.